The van der Waals surface area contributed by atoms with Crippen molar-refractivity contribution in [2.45, 2.75) is 31.3 Å². The van der Waals surface area contributed by atoms with Crippen molar-refractivity contribution in [3.8, 4) is 0 Å². The first-order valence-electron chi connectivity index (χ1n) is 9.64. The zero-order valence-electron chi connectivity index (χ0n) is 15.8. The second kappa shape index (κ2) is 8.80. The second-order valence-corrected chi connectivity index (χ2v) is 7.47. The van der Waals surface area contributed by atoms with Crippen LogP contribution in [0.2, 0.25) is 0 Å². The first-order valence-corrected chi connectivity index (χ1v) is 9.64. The summed E-state index contributed by atoms with van der Waals surface area (Å²) in [6.07, 6.45) is 2.57. The average molecular weight is 388 g/mol. The number of benzene rings is 2. The molecule has 6 heteroatoms. The standard InChI is InChI=1S/C22H26F2N2O2/c23-19-7-3-16(4-8-19)22(28,17-5-9-20(24)10-6-17)18-11-14-26(15-12-18)13-1-2-21(25)27/h3-10,18,28H,1-2,11-15H2,(H2,25,27). The van der Waals surface area contributed by atoms with Crippen molar-refractivity contribution in [3.63, 3.8) is 0 Å². The van der Waals surface area contributed by atoms with Gasteiger partial charge in [0.05, 0.1) is 0 Å². The molecule has 0 radical (unpaired) electrons. The number of amides is 1. The van der Waals surface area contributed by atoms with Crippen LogP contribution in [0.3, 0.4) is 0 Å². The Morgan fingerprint density at radius 2 is 1.46 bits per heavy atom. The van der Waals surface area contributed by atoms with E-state index in [9.17, 15) is 18.7 Å². The van der Waals surface area contributed by atoms with Crippen LogP contribution in [0.1, 0.15) is 36.8 Å². The number of carbonyl (C=O) groups is 1. The fourth-order valence-electron chi connectivity index (χ4n) is 4.10. The third kappa shape index (κ3) is 4.56. The summed E-state index contributed by atoms with van der Waals surface area (Å²) in [6.45, 7) is 2.36. The van der Waals surface area contributed by atoms with Gasteiger partial charge in [0, 0.05) is 6.42 Å². The van der Waals surface area contributed by atoms with Gasteiger partial charge in [-0.25, -0.2) is 8.78 Å². The molecule has 3 rings (SSSR count). The van der Waals surface area contributed by atoms with Crippen molar-refractivity contribution < 1.29 is 18.7 Å². The summed E-state index contributed by atoms with van der Waals surface area (Å²) >= 11 is 0. The second-order valence-electron chi connectivity index (χ2n) is 7.47. The fourth-order valence-corrected chi connectivity index (χ4v) is 4.10. The number of aliphatic hydroxyl groups is 1. The number of carbonyl (C=O) groups excluding carboxylic acids is 1. The van der Waals surface area contributed by atoms with Gasteiger partial charge in [-0.05, 0) is 80.2 Å². The molecule has 1 amide bonds. The fraction of sp³-hybridized carbons (Fsp3) is 0.409. The lowest BCUT2D eigenvalue weighted by molar-refractivity contribution is -0.118. The Kier molecular flexibility index (Phi) is 6.42. The molecule has 0 aliphatic carbocycles. The van der Waals surface area contributed by atoms with Crippen LogP contribution in [0.25, 0.3) is 0 Å². The van der Waals surface area contributed by atoms with Crippen LogP contribution in [0, 0.1) is 17.6 Å². The summed E-state index contributed by atoms with van der Waals surface area (Å²) in [5.41, 5.74) is 5.08. The van der Waals surface area contributed by atoms with Crippen LogP contribution in [0.15, 0.2) is 48.5 Å². The molecule has 2 aromatic carbocycles. The Morgan fingerprint density at radius 3 is 1.89 bits per heavy atom. The van der Waals surface area contributed by atoms with E-state index < -0.39 is 5.60 Å². The smallest absolute Gasteiger partial charge is 0.217 e. The van der Waals surface area contributed by atoms with Gasteiger partial charge < -0.3 is 15.7 Å². The number of hydrogen-bond donors (Lipinski definition) is 2. The van der Waals surface area contributed by atoms with E-state index in [1.165, 1.54) is 24.3 Å². The zero-order chi connectivity index (χ0) is 20.1. The van der Waals surface area contributed by atoms with E-state index in [2.05, 4.69) is 4.90 Å². The maximum Gasteiger partial charge on any atom is 0.217 e. The van der Waals surface area contributed by atoms with Crippen molar-refractivity contribution in [2.75, 3.05) is 19.6 Å². The van der Waals surface area contributed by atoms with Gasteiger partial charge in [-0.3, -0.25) is 4.79 Å². The van der Waals surface area contributed by atoms with Crippen LogP contribution in [-0.4, -0.2) is 35.5 Å². The highest BCUT2D eigenvalue weighted by molar-refractivity contribution is 5.73. The van der Waals surface area contributed by atoms with Crippen molar-refractivity contribution in [2.24, 2.45) is 11.7 Å². The van der Waals surface area contributed by atoms with Gasteiger partial charge in [0.2, 0.25) is 5.91 Å². The minimum Gasteiger partial charge on any atom is -0.380 e. The summed E-state index contributed by atoms with van der Waals surface area (Å²) in [4.78, 5) is 13.2. The van der Waals surface area contributed by atoms with Crippen LogP contribution in [0.4, 0.5) is 8.78 Å². The zero-order valence-corrected chi connectivity index (χ0v) is 15.8. The molecule has 28 heavy (non-hydrogen) atoms. The Morgan fingerprint density at radius 1 is 1.00 bits per heavy atom. The van der Waals surface area contributed by atoms with Gasteiger partial charge in [0.15, 0.2) is 0 Å². The summed E-state index contributed by atoms with van der Waals surface area (Å²) in [5, 5.41) is 11.8. The minimum absolute atomic E-state index is 0.0872. The largest absolute Gasteiger partial charge is 0.380 e. The van der Waals surface area contributed by atoms with Crippen molar-refractivity contribution >= 4 is 5.91 Å². The molecule has 4 nitrogen and oxygen atoms in total. The van der Waals surface area contributed by atoms with E-state index in [0.717, 1.165) is 38.9 Å². The van der Waals surface area contributed by atoms with E-state index in [0.29, 0.717) is 17.5 Å². The van der Waals surface area contributed by atoms with E-state index in [1.54, 1.807) is 24.3 Å². The summed E-state index contributed by atoms with van der Waals surface area (Å²) in [7, 11) is 0. The van der Waals surface area contributed by atoms with E-state index >= 15 is 0 Å². The molecule has 1 fully saturated rings. The quantitative estimate of drug-likeness (QED) is 0.766. The number of likely N-dealkylation sites (tertiary alicyclic amines) is 1. The van der Waals surface area contributed by atoms with Crippen molar-refractivity contribution in [3.05, 3.63) is 71.3 Å². The highest BCUT2D eigenvalue weighted by Gasteiger charge is 2.41. The normalized spacial score (nSPS) is 16.2. The van der Waals surface area contributed by atoms with Crippen molar-refractivity contribution in [1.29, 1.82) is 0 Å². The molecule has 1 aliphatic rings. The van der Waals surface area contributed by atoms with Gasteiger partial charge in [-0.15, -0.1) is 0 Å². The summed E-state index contributed by atoms with van der Waals surface area (Å²) in [5.74, 6) is -1.11. The monoisotopic (exact) mass is 388 g/mol. The molecule has 1 aliphatic heterocycles. The maximum absolute atomic E-state index is 13.4. The van der Waals surface area contributed by atoms with Gasteiger partial charge >= 0.3 is 0 Å². The highest BCUT2D eigenvalue weighted by atomic mass is 19.1. The Bertz CT molecular complexity index is 740. The van der Waals surface area contributed by atoms with E-state index in [4.69, 9.17) is 5.73 Å². The molecule has 1 heterocycles. The Labute approximate surface area is 164 Å². The molecule has 150 valence electrons. The predicted octanol–water partition coefficient (Wildman–Crippen LogP) is 3.18. The topological polar surface area (TPSA) is 66.6 Å². The van der Waals surface area contributed by atoms with Crippen LogP contribution in [-0.2, 0) is 10.4 Å². The van der Waals surface area contributed by atoms with Crippen molar-refractivity contribution in [1.82, 2.24) is 4.90 Å². The molecule has 3 N–H and O–H groups in total. The van der Waals surface area contributed by atoms with Crippen LogP contribution >= 0.6 is 0 Å². The highest BCUT2D eigenvalue weighted by Crippen LogP contribution is 2.42. The molecular formula is C22H26F2N2O2. The number of rotatable bonds is 7. The lowest BCUT2D eigenvalue weighted by atomic mass is 9.72. The number of halogens is 2. The SMILES string of the molecule is NC(=O)CCCN1CCC(C(O)(c2ccc(F)cc2)c2ccc(F)cc2)CC1. The maximum atomic E-state index is 13.4. The predicted molar refractivity (Wildman–Crippen MR) is 103 cm³/mol. The number of primary amides is 1. The van der Waals surface area contributed by atoms with Gasteiger partial charge in [-0.2, -0.15) is 0 Å². The lowest BCUT2D eigenvalue weighted by Crippen LogP contribution is -2.44. The Hall–Kier alpha value is -2.31. The average Bonchev–Trinajstić information content (AvgIpc) is 2.69. The lowest BCUT2D eigenvalue weighted by Gasteiger charge is -2.42. The minimum atomic E-state index is -1.32. The molecule has 0 unspecified atom stereocenters. The third-order valence-electron chi connectivity index (χ3n) is 5.64. The molecule has 1 saturated heterocycles. The molecule has 0 saturated carbocycles. The molecule has 0 bridgehead atoms. The molecule has 0 atom stereocenters. The first kappa shape index (κ1) is 20.4. The molecule has 2 aromatic rings. The first-order chi connectivity index (χ1) is 13.4. The van der Waals surface area contributed by atoms with Crippen LogP contribution in [0.5, 0.6) is 0 Å². The van der Waals surface area contributed by atoms with E-state index in [-0.39, 0.29) is 23.5 Å². The van der Waals surface area contributed by atoms with E-state index in [1.807, 2.05) is 0 Å². The van der Waals surface area contributed by atoms with Gasteiger partial charge in [-0.1, -0.05) is 24.3 Å². The summed E-state index contributed by atoms with van der Waals surface area (Å²) in [6, 6.07) is 11.7. The molecule has 0 aromatic heterocycles. The van der Waals surface area contributed by atoms with Gasteiger partial charge in [0.1, 0.15) is 17.2 Å². The number of nitrogens with zero attached hydrogens (tertiary/aromatic N) is 1. The molecule has 0 spiro atoms. The molecular weight excluding hydrogens is 362 g/mol. The number of hydrogen-bond acceptors (Lipinski definition) is 3. The number of nitrogens with two attached hydrogens (primary N) is 1. The van der Waals surface area contributed by atoms with Gasteiger partial charge in [0.25, 0.3) is 0 Å². The van der Waals surface area contributed by atoms with Crippen LogP contribution < -0.4 is 5.73 Å². The number of piperidine rings is 1. The Balaban J connectivity index is 1.79. The third-order valence-corrected chi connectivity index (χ3v) is 5.64. The summed E-state index contributed by atoms with van der Waals surface area (Å²) < 4.78 is 26.9.